The first kappa shape index (κ1) is 11.7. The van der Waals surface area contributed by atoms with Crippen molar-refractivity contribution in [2.75, 3.05) is 13.1 Å². The molecule has 0 saturated carbocycles. The molecule has 3 nitrogen and oxygen atoms in total. The van der Waals surface area contributed by atoms with Crippen molar-refractivity contribution in [2.45, 2.75) is 31.3 Å². The van der Waals surface area contributed by atoms with Crippen LogP contribution in [-0.4, -0.2) is 36.0 Å². The second-order valence-corrected chi connectivity index (χ2v) is 5.18. The number of likely N-dealkylation sites (tertiary alicyclic amines) is 1. The highest BCUT2D eigenvalue weighted by Gasteiger charge is 2.31. The molecule has 2 heterocycles. The van der Waals surface area contributed by atoms with Crippen LogP contribution in [0.15, 0.2) is 24.3 Å². The van der Waals surface area contributed by atoms with E-state index >= 15 is 0 Å². The van der Waals surface area contributed by atoms with E-state index in [0.717, 1.165) is 25.9 Å². The molecule has 3 rings (SSSR count). The van der Waals surface area contributed by atoms with Gasteiger partial charge in [0, 0.05) is 30.7 Å². The summed E-state index contributed by atoms with van der Waals surface area (Å²) in [6, 6.07) is 6.82. The zero-order valence-corrected chi connectivity index (χ0v) is 10.2. The van der Waals surface area contributed by atoms with Gasteiger partial charge >= 0.3 is 0 Å². The van der Waals surface area contributed by atoms with Crippen molar-refractivity contribution in [2.24, 2.45) is 0 Å². The number of amides is 1. The lowest BCUT2D eigenvalue weighted by atomic mass is 10.1. The molecule has 4 heteroatoms. The predicted molar refractivity (Wildman–Crippen MR) is 66.9 cm³/mol. The summed E-state index contributed by atoms with van der Waals surface area (Å²) in [7, 11) is 0. The number of hydrogen-bond acceptors (Lipinski definition) is 2. The number of carbonyl (C=O) groups excluding carboxylic acids is 1. The smallest absolute Gasteiger partial charge is 0.253 e. The third-order valence-electron chi connectivity index (χ3n) is 3.90. The Morgan fingerprint density at radius 1 is 1.17 bits per heavy atom. The number of halogens is 1. The van der Waals surface area contributed by atoms with Crippen molar-refractivity contribution >= 4 is 5.91 Å². The van der Waals surface area contributed by atoms with Crippen molar-refractivity contribution in [3.8, 4) is 0 Å². The molecule has 1 N–H and O–H groups in total. The summed E-state index contributed by atoms with van der Waals surface area (Å²) in [6.45, 7) is 1.57. The lowest BCUT2D eigenvalue weighted by molar-refractivity contribution is 0.0748. The minimum Gasteiger partial charge on any atom is -0.337 e. The molecule has 0 unspecified atom stereocenters. The normalized spacial score (nSPS) is 27.1. The Morgan fingerprint density at radius 2 is 1.89 bits per heavy atom. The van der Waals surface area contributed by atoms with Crippen LogP contribution in [0.1, 0.15) is 29.6 Å². The van der Waals surface area contributed by atoms with Gasteiger partial charge in [0.2, 0.25) is 0 Å². The number of rotatable bonds is 1. The van der Waals surface area contributed by atoms with Gasteiger partial charge in [0.25, 0.3) is 5.91 Å². The summed E-state index contributed by atoms with van der Waals surface area (Å²) < 4.78 is 12.8. The van der Waals surface area contributed by atoms with E-state index in [4.69, 9.17) is 0 Å². The zero-order chi connectivity index (χ0) is 12.5. The number of hydrogen-bond donors (Lipinski definition) is 1. The standard InChI is InChI=1S/C14H17FN2O/c15-11-3-1-10(2-4-11)14(18)17-8-7-12-5-6-13(9-17)16-12/h1-4,12-13,16H,5-9H2/t12-,13+/m1/s1. The van der Waals surface area contributed by atoms with E-state index in [0.29, 0.717) is 17.6 Å². The fourth-order valence-corrected chi connectivity index (χ4v) is 2.90. The number of nitrogens with zero attached hydrogens (tertiary/aromatic N) is 1. The molecule has 1 amide bonds. The van der Waals surface area contributed by atoms with Gasteiger partial charge < -0.3 is 10.2 Å². The highest BCUT2D eigenvalue weighted by molar-refractivity contribution is 5.94. The molecule has 18 heavy (non-hydrogen) atoms. The van der Waals surface area contributed by atoms with E-state index in [2.05, 4.69) is 5.32 Å². The average molecular weight is 248 g/mol. The summed E-state index contributed by atoms with van der Waals surface area (Å²) in [4.78, 5) is 14.2. The summed E-state index contributed by atoms with van der Waals surface area (Å²) in [5, 5.41) is 3.54. The van der Waals surface area contributed by atoms with Crippen LogP contribution in [-0.2, 0) is 0 Å². The van der Waals surface area contributed by atoms with Gasteiger partial charge in [-0.15, -0.1) is 0 Å². The van der Waals surface area contributed by atoms with Gasteiger partial charge in [-0.2, -0.15) is 0 Å². The molecular weight excluding hydrogens is 231 g/mol. The van der Waals surface area contributed by atoms with Crippen LogP contribution in [0.2, 0.25) is 0 Å². The molecule has 2 aliphatic rings. The highest BCUT2D eigenvalue weighted by Crippen LogP contribution is 2.21. The maximum Gasteiger partial charge on any atom is 0.253 e. The van der Waals surface area contributed by atoms with Gasteiger partial charge in [-0.3, -0.25) is 4.79 Å². The molecule has 1 aromatic carbocycles. The van der Waals surface area contributed by atoms with Gasteiger partial charge in [-0.05, 0) is 43.5 Å². The first-order chi connectivity index (χ1) is 8.72. The lowest BCUT2D eigenvalue weighted by Crippen LogP contribution is -2.39. The van der Waals surface area contributed by atoms with Crippen molar-refractivity contribution < 1.29 is 9.18 Å². The quantitative estimate of drug-likeness (QED) is 0.822. The lowest BCUT2D eigenvalue weighted by Gasteiger charge is -2.24. The van der Waals surface area contributed by atoms with E-state index in [9.17, 15) is 9.18 Å². The fraction of sp³-hybridized carbons (Fsp3) is 0.500. The van der Waals surface area contributed by atoms with Crippen LogP contribution in [0.3, 0.4) is 0 Å². The minimum absolute atomic E-state index is 0.0179. The first-order valence-electron chi connectivity index (χ1n) is 6.53. The fourth-order valence-electron chi connectivity index (χ4n) is 2.90. The van der Waals surface area contributed by atoms with Crippen LogP contribution in [0.4, 0.5) is 4.39 Å². The molecule has 0 aromatic heterocycles. The van der Waals surface area contributed by atoms with Crippen molar-refractivity contribution in [1.29, 1.82) is 0 Å². The maximum atomic E-state index is 12.8. The van der Waals surface area contributed by atoms with Crippen LogP contribution in [0.5, 0.6) is 0 Å². The van der Waals surface area contributed by atoms with Gasteiger partial charge in [0.15, 0.2) is 0 Å². The second-order valence-electron chi connectivity index (χ2n) is 5.18. The molecule has 2 atom stereocenters. The Labute approximate surface area is 106 Å². The number of nitrogens with one attached hydrogen (secondary N) is 1. The molecule has 2 bridgehead atoms. The second kappa shape index (κ2) is 4.69. The SMILES string of the molecule is O=C(c1ccc(F)cc1)N1CC[C@H]2CC[C@@H](C1)N2. The van der Waals surface area contributed by atoms with E-state index in [1.165, 1.54) is 18.6 Å². The molecular formula is C14H17FN2O. The Kier molecular flexibility index (Phi) is 3.04. The third-order valence-corrected chi connectivity index (χ3v) is 3.90. The monoisotopic (exact) mass is 248 g/mol. The topological polar surface area (TPSA) is 32.3 Å². The molecule has 2 fully saturated rings. The zero-order valence-electron chi connectivity index (χ0n) is 10.2. The average Bonchev–Trinajstić information content (AvgIpc) is 2.69. The summed E-state index contributed by atoms with van der Waals surface area (Å²) in [5.41, 5.74) is 0.578. The van der Waals surface area contributed by atoms with E-state index in [-0.39, 0.29) is 11.7 Å². The molecule has 2 aliphatic heterocycles. The van der Waals surface area contributed by atoms with Crippen LogP contribution < -0.4 is 5.32 Å². The first-order valence-corrected chi connectivity index (χ1v) is 6.53. The summed E-state index contributed by atoms with van der Waals surface area (Å²) >= 11 is 0. The highest BCUT2D eigenvalue weighted by atomic mass is 19.1. The molecule has 2 saturated heterocycles. The van der Waals surface area contributed by atoms with Crippen molar-refractivity contribution in [1.82, 2.24) is 10.2 Å². The van der Waals surface area contributed by atoms with Crippen LogP contribution in [0, 0.1) is 5.82 Å². The number of carbonyl (C=O) groups is 1. The van der Waals surface area contributed by atoms with Gasteiger partial charge in [-0.25, -0.2) is 4.39 Å². The van der Waals surface area contributed by atoms with Gasteiger partial charge in [0.1, 0.15) is 5.82 Å². The van der Waals surface area contributed by atoms with E-state index < -0.39 is 0 Å². The Morgan fingerprint density at radius 3 is 2.67 bits per heavy atom. The predicted octanol–water partition coefficient (Wildman–Crippen LogP) is 1.79. The Bertz CT molecular complexity index is 446. The van der Waals surface area contributed by atoms with Gasteiger partial charge in [0.05, 0.1) is 0 Å². The molecule has 0 spiro atoms. The third kappa shape index (κ3) is 2.25. The largest absolute Gasteiger partial charge is 0.337 e. The van der Waals surface area contributed by atoms with Crippen LogP contribution in [0.25, 0.3) is 0 Å². The van der Waals surface area contributed by atoms with Gasteiger partial charge in [-0.1, -0.05) is 0 Å². The van der Waals surface area contributed by atoms with E-state index in [1.807, 2.05) is 4.90 Å². The molecule has 1 aromatic rings. The molecule has 0 radical (unpaired) electrons. The number of benzene rings is 1. The maximum absolute atomic E-state index is 12.8. The molecule has 96 valence electrons. The van der Waals surface area contributed by atoms with Crippen molar-refractivity contribution in [3.05, 3.63) is 35.6 Å². The number of fused-ring (bicyclic) bond motifs is 2. The Hall–Kier alpha value is -1.42. The minimum atomic E-state index is -0.303. The van der Waals surface area contributed by atoms with E-state index in [1.54, 1.807) is 12.1 Å². The van der Waals surface area contributed by atoms with Crippen LogP contribution >= 0.6 is 0 Å². The summed E-state index contributed by atoms with van der Waals surface area (Å²) in [6.07, 6.45) is 3.39. The molecule has 0 aliphatic carbocycles. The Balaban J connectivity index is 1.74. The van der Waals surface area contributed by atoms with Crippen molar-refractivity contribution in [3.63, 3.8) is 0 Å². The summed E-state index contributed by atoms with van der Waals surface area (Å²) in [5.74, 6) is -0.285.